The number of nitrogens with one attached hydrogen (secondary N) is 1. The van der Waals surface area contributed by atoms with Crippen molar-refractivity contribution < 1.29 is 4.79 Å². The monoisotopic (exact) mass is 314 g/mol. The van der Waals surface area contributed by atoms with Gasteiger partial charge < -0.3 is 10.2 Å². The van der Waals surface area contributed by atoms with Crippen LogP contribution in [-0.4, -0.2) is 29.9 Å². The lowest BCUT2D eigenvalue weighted by Gasteiger charge is -2.37. The molecule has 1 aliphatic rings. The van der Waals surface area contributed by atoms with Crippen LogP contribution >= 0.6 is 11.3 Å². The molecular weight excluding hydrogens is 292 g/mol. The molecule has 2 unspecified atom stereocenters. The van der Waals surface area contributed by atoms with Crippen LogP contribution in [0.15, 0.2) is 47.8 Å². The van der Waals surface area contributed by atoms with Gasteiger partial charge in [0.25, 0.3) is 0 Å². The van der Waals surface area contributed by atoms with E-state index in [9.17, 15) is 4.79 Å². The van der Waals surface area contributed by atoms with Crippen molar-refractivity contribution in [3.05, 3.63) is 58.3 Å². The largest absolute Gasteiger partial charge is 0.341 e. The first kappa shape index (κ1) is 15.3. The smallest absolute Gasteiger partial charge is 0.219 e. The molecule has 1 saturated heterocycles. The second-order valence-electron chi connectivity index (χ2n) is 5.94. The molecule has 2 aromatic rings. The maximum Gasteiger partial charge on any atom is 0.219 e. The van der Waals surface area contributed by atoms with E-state index in [1.54, 1.807) is 18.3 Å². The van der Waals surface area contributed by atoms with Crippen LogP contribution in [0.4, 0.5) is 0 Å². The Bertz CT molecular complexity index is 597. The molecule has 1 amide bonds. The van der Waals surface area contributed by atoms with Gasteiger partial charge in [-0.15, -0.1) is 11.3 Å². The number of hydrogen-bond acceptors (Lipinski definition) is 3. The maximum atomic E-state index is 11.8. The molecule has 4 heteroatoms. The van der Waals surface area contributed by atoms with E-state index in [2.05, 4.69) is 47.1 Å². The van der Waals surface area contributed by atoms with Gasteiger partial charge in [0.15, 0.2) is 0 Å². The number of likely N-dealkylation sites (tertiary alicyclic amines) is 1. The van der Waals surface area contributed by atoms with Crippen LogP contribution < -0.4 is 5.32 Å². The predicted molar refractivity (Wildman–Crippen MR) is 91.0 cm³/mol. The van der Waals surface area contributed by atoms with Crippen molar-refractivity contribution in [3.63, 3.8) is 0 Å². The fraction of sp³-hybridized carbons (Fsp3) is 0.389. The van der Waals surface area contributed by atoms with E-state index in [0.29, 0.717) is 12.0 Å². The lowest BCUT2D eigenvalue weighted by molar-refractivity contribution is -0.130. The Kier molecular flexibility index (Phi) is 4.90. The first-order valence-electron chi connectivity index (χ1n) is 7.78. The molecule has 3 nitrogen and oxygen atoms in total. The summed E-state index contributed by atoms with van der Waals surface area (Å²) >= 11 is 1.79. The van der Waals surface area contributed by atoms with Crippen molar-refractivity contribution >= 4 is 17.2 Å². The molecule has 2 atom stereocenters. The van der Waals surface area contributed by atoms with Crippen molar-refractivity contribution in [3.8, 4) is 0 Å². The fourth-order valence-corrected chi connectivity index (χ4v) is 3.93. The van der Waals surface area contributed by atoms with Gasteiger partial charge in [-0.05, 0) is 23.4 Å². The summed E-state index contributed by atoms with van der Waals surface area (Å²) in [7, 11) is 0. The number of carbonyl (C=O) groups excluding carboxylic acids is 1. The molecule has 3 rings (SSSR count). The number of thiophene rings is 1. The van der Waals surface area contributed by atoms with Crippen LogP contribution in [0.5, 0.6) is 0 Å². The second-order valence-corrected chi connectivity index (χ2v) is 6.91. The molecule has 1 aromatic carbocycles. The normalized spacial score (nSPS) is 21.8. The Labute approximate surface area is 136 Å². The van der Waals surface area contributed by atoms with Crippen molar-refractivity contribution in [1.29, 1.82) is 0 Å². The van der Waals surface area contributed by atoms with Crippen LogP contribution in [0.3, 0.4) is 0 Å². The number of piperidine rings is 1. The third kappa shape index (κ3) is 3.76. The Morgan fingerprint density at radius 1 is 1.23 bits per heavy atom. The summed E-state index contributed by atoms with van der Waals surface area (Å²) in [4.78, 5) is 15.2. The van der Waals surface area contributed by atoms with Gasteiger partial charge in [0.2, 0.25) is 5.91 Å². The highest BCUT2D eigenvalue weighted by atomic mass is 32.1. The molecule has 1 aliphatic heterocycles. The zero-order chi connectivity index (χ0) is 15.4. The standard InChI is InChI=1S/C18H22N2OS/c1-14(21)20-12-16(18-8-5-9-22-18)10-17(13-20)19-11-15-6-3-2-4-7-15/h2-9,16-17,19H,10-13H2,1H3. The molecule has 1 aromatic heterocycles. The molecule has 0 radical (unpaired) electrons. The number of nitrogens with zero attached hydrogens (tertiary/aromatic N) is 1. The molecule has 0 saturated carbocycles. The molecular formula is C18H22N2OS. The topological polar surface area (TPSA) is 32.3 Å². The van der Waals surface area contributed by atoms with Crippen LogP contribution in [-0.2, 0) is 11.3 Å². The summed E-state index contributed by atoms with van der Waals surface area (Å²) in [5.74, 6) is 0.624. The van der Waals surface area contributed by atoms with Gasteiger partial charge in [-0.2, -0.15) is 0 Å². The van der Waals surface area contributed by atoms with Crippen LogP contribution in [0.1, 0.15) is 29.7 Å². The number of amides is 1. The summed E-state index contributed by atoms with van der Waals surface area (Å²) in [5.41, 5.74) is 1.29. The fourth-order valence-electron chi connectivity index (χ4n) is 3.09. The molecule has 0 bridgehead atoms. The van der Waals surface area contributed by atoms with E-state index in [-0.39, 0.29) is 5.91 Å². The maximum absolute atomic E-state index is 11.8. The average Bonchev–Trinajstić information content (AvgIpc) is 3.08. The van der Waals surface area contributed by atoms with Gasteiger partial charge in [-0.1, -0.05) is 36.4 Å². The highest BCUT2D eigenvalue weighted by Gasteiger charge is 2.29. The molecule has 0 aliphatic carbocycles. The lowest BCUT2D eigenvalue weighted by Crippen LogP contribution is -2.49. The minimum absolute atomic E-state index is 0.174. The summed E-state index contributed by atoms with van der Waals surface area (Å²) in [6.07, 6.45) is 1.09. The van der Waals surface area contributed by atoms with Crippen molar-refractivity contribution in [2.45, 2.75) is 31.8 Å². The van der Waals surface area contributed by atoms with Crippen LogP contribution in [0.25, 0.3) is 0 Å². The zero-order valence-electron chi connectivity index (χ0n) is 12.9. The minimum atomic E-state index is 0.174. The van der Waals surface area contributed by atoms with E-state index in [1.165, 1.54) is 10.4 Å². The van der Waals surface area contributed by atoms with Crippen LogP contribution in [0.2, 0.25) is 0 Å². The number of carbonyl (C=O) groups is 1. The number of hydrogen-bond donors (Lipinski definition) is 1. The highest BCUT2D eigenvalue weighted by molar-refractivity contribution is 7.10. The summed E-state index contributed by atoms with van der Waals surface area (Å²) in [5, 5.41) is 5.74. The van der Waals surface area contributed by atoms with Crippen LogP contribution in [0, 0.1) is 0 Å². The van der Waals surface area contributed by atoms with E-state index in [0.717, 1.165) is 26.1 Å². The van der Waals surface area contributed by atoms with Crippen molar-refractivity contribution in [2.75, 3.05) is 13.1 Å². The van der Waals surface area contributed by atoms with Gasteiger partial charge >= 0.3 is 0 Å². The van der Waals surface area contributed by atoms with Gasteiger partial charge in [-0.3, -0.25) is 4.79 Å². The van der Waals surface area contributed by atoms with Gasteiger partial charge in [0, 0.05) is 43.4 Å². The Hall–Kier alpha value is -1.65. The first-order chi connectivity index (χ1) is 10.7. The van der Waals surface area contributed by atoms with E-state index >= 15 is 0 Å². The lowest BCUT2D eigenvalue weighted by atomic mass is 9.92. The second kappa shape index (κ2) is 7.07. The van der Waals surface area contributed by atoms with Gasteiger partial charge in [-0.25, -0.2) is 0 Å². The third-order valence-electron chi connectivity index (χ3n) is 4.28. The molecule has 0 spiro atoms. The third-order valence-corrected chi connectivity index (χ3v) is 5.31. The van der Waals surface area contributed by atoms with Crippen molar-refractivity contribution in [2.24, 2.45) is 0 Å². The average molecular weight is 314 g/mol. The SMILES string of the molecule is CC(=O)N1CC(NCc2ccccc2)CC(c2cccs2)C1. The Morgan fingerprint density at radius 2 is 2.05 bits per heavy atom. The minimum Gasteiger partial charge on any atom is -0.341 e. The molecule has 1 N–H and O–H groups in total. The van der Waals surface area contributed by atoms with E-state index < -0.39 is 0 Å². The highest BCUT2D eigenvalue weighted by Crippen LogP contribution is 2.30. The van der Waals surface area contributed by atoms with Gasteiger partial charge in [0.05, 0.1) is 0 Å². The van der Waals surface area contributed by atoms with E-state index in [1.807, 2.05) is 11.0 Å². The van der Waals surface area contributed by atoms with E-state index in [4.69, 9.17) is 0 Å². The summed E-state index contributed by atoms with van der Waals surface area (Å²) in [6, 6.07) is 15.1. The zero-order valence-corrected chi connectivity index (χ0v) is 13.7. The molecule has 116 valence electrons. The Morgan fingerprint density at radius 3 is 2.73 bits per heavy atom. The Balaban J connectivity index is 1.66. The molecule has 22 heavy (non-hydrogen) atoms. The number of benzene rings is 1. The predicted octanol–water partition coefficient (Wildman–Crippen LogP) is 3.24. The van der Waals surface area contributed by atoms with Crippen molar-refractivity contribution in [1.82, 2.24) is 10.2 Å². The molecule has 2 heterocycles. The molecule has 1 fully saturated rings. The first-order valence-corrected chi connectivity index (χ1v) is 8.66. The summed E-state index contributed by atoms with van der Waals surface area (Å²) in [6.45, 7) is 4.18. The number of rotatable bonds is 4. The quantitative estimate of drug-likeness (QED) is 0.939. The van der Waals surface area contributed by atoms with Gasteiger partial charge in [0.1, 0.15) is 0 Å². The summed E-state index contributed by atoms with van der Waals surface area (Å²) < 4.78 is 0.